The van der Waals surface area contributed by atoms with Crippen molar-refractivity contribution in [1.29, 1.82) is 0 Å². The van der Waals surface area contributed by atoms with Crippen molar-refractivity contribution in [3.05, 3.63) is 71.8 Å². The van der Waals surface area contributed by atoms with Gasteiger partial charge in [0.15, 0.2) is 0 Å². The van der Waals surface area contributed by atoms with Gasteiger partial charge in [0.2, 0.25) is 0 Å². The molecule has 3 heteroatoms. The van der Waals surface area contributed by atoms with Gasteiger partial charge in [-0.25, -0.2) is 0 Å². The lowest BCUT2D eigenvalue weighted by molar-refractivity contribution is -0.162. The van der Waals surface area contributed by atoms with Gasteiger partial charge in [0, 0.05) is 18.6 Å². The molecule has 1 aliphatic rings. The highest BCUT2D eigenvalue weighted by Gasteiger charge is 2.40. The number of benzene rings is 2. The molecule has 2 aromatic carbocycles. The molecule has 0 saturated heterocycles. The largest absolute Gasteiger partial charge is 0.460 e. The topological polar surface area (TPSA) is 29.5 Å². The van der Waals surface area contributed by atoms with E-state index in [1.54, 1.807) is 0 Å². The summed E-state index contributed by atoms with van der Waals surface area (Å²) in [5.41, 5.74) is 2.12. The second-order valence-corrected chi connectivity index (χ2v) is 8.88. The predicted molar refractivity (Wildman–Crippen MR) is 114 cm³/mol. The Bertz CT molecular complexity index is 751. The summed E-state index contributed by atoms with van der Waals surface area (Å²) in [7, 11) is 0. The fourth-order valence-corrected chi connectivity index (χ4v) is 4.25. The van der Waals surface area contributed by atoms with E-state index >= 15 is 0 Å². The third-order valence-electron chi connectivity index (χ3n) is 5.60. The smallest absolute Gasteiger partial charge is 0.311 e. The molecule has 3 rings (SSSR count). The zero-order chi connectivity index (χ0) is 20.1. The molecule has 0 amide bonds. The first-order chi connectivity index (χ1) is 13.3. The Labute approximate surface area is 169 Å². The minimum absolute atomic E-state index is 0.0478. The molecule has 150 valence electrons. The maximum atomic E-state index is 12.9. The van der Waals surface area contributed by atoms with Crippen molar-refractivity contribution in [2.45, 2.75) is 71.2 Å². The van der Waals surface area contributed by atoms with E-state index in [9.17, 15) is 4.79 Å². The Hall–Kier alpha value is -2.13. The van der Waals surface area contributed by atoms with Gasteiger partial charge in [0.25, 0.3) is 0 Å². The van der Waals surface area contributed by atoms with Gasteiger partial charge in [-0.05, 0) is 51.7 Å². The highest BCUT2D eigenvalue weighted by Crippen LogP contribution is 2.37. The van der Waals surface area contributed by atoms with E-state index in [-0.39, 0.29) is 24.0 Å². The first kappa shape index (κ1) is 20.6. The maximum Gasteiger partial charge on any atom is 0.311 e. The summed E-state index contributed by atoms with van der Waals surface area (Å²) in [5.74, 6) is -0.109. The van der Waals surface area contributed by atoms with Crippen LogP contribution in [-0.4, -0.2) is 22.5 Å². The zero-order valence-corrected chi connectivity index (χ0v) is 17.6. The Balaban J connectivity index is 1.87. The van der Waals surface area contributed by atoms with E-state index in [0.717, 1.165) is 25.8 Å². The first-order valence-electron chi connectivity index (χ1n) is 10.4. The molecule has 0 aliphatic heterocycles. The maximum absolute atomic E-state index is 12.9. The molecule has 0 radical (unpaired) electrons. The minimum atomic E-state index is -0.445. The molecular weight excluding hydrogens is 346 g/mol. The van der Waals surface area contributed by atoms with Crippen molar-refractivity contribution in [3.8, 4) is 0 Å². The number of hydrogen-bond donors (Lipinski definition) is 0. The normalized spacial score (nSPS) is 20.9. The molecule has 3 atom stereocenters. The van der Waals surface area contributed by atoms with E-state index < -0.39 is 5.60 Å². The predicted octanol–water partition coefficient (Wildman–Crippen LogP) is 5.76. The summed E-state index contributed by atoms with van der Waals surface area (Å²) < 4.78 is 5.77. The summed E-state index contributed by atoms with van der Waals surface area (Å²) in [6, 6.07) is 21.6. The van der Waals surface area contributed by atoms with Crippen LogP contribution in [0.5, 0.6) is 0 Å². The van der Waals surface area contributed by atoms with E-state index in [2.05, 4.69) is 66.4 Å². The van der Waals surface area contributed by atoms with E-state index in [0.29, 0.717) is 0 Å². The van der Waals surface area contributed by atoms with Crippen LogP contribution in [0.3, 0.4) is 0 Å². The fraction of sp³-hybridized carbons (Fsp3) is 0.480. The van der Waals surface area contributed by atoms with Crippen molar-refractivity contribution < 1.29 is 9.53 Å². The SMILES string of the molecule is C[C@H](c1ccccc1)N(Cc1ccccc1)[C@@H]1CCC[C@H]1C(=O)OC(C)(C)C. The van der Waals surface area contributed by atoms with E-state index in [4.69, 9.17) is 4.74 Å². The van der Waals surface area contributed by atoms with Crippen LogP contribution in [0.2, 0.25) is 0 Å². The second kappa shape index (κ2) is 8.91. The number of hydrogen-bond acceptors (Lipinski definition) is 3. The molecule has 28 heavy (non-hydrogen) atoms. The Kier molecular flexibility index (Phi) is 6.56. The zero-order valence-electron chi connectivity index (χ0n) is 17.6. The number of carbonyl (C=O) groups is 1. The first-order valence-corrected chi connectivity index (χ1v) is 10.4. The summed E-state index contributed by atoms with van der Waals surface area (Å²) in [4.78, 5) is 15.4. The lowest BCUT2D eigenvalue weighted by atomic mass is 9.96. The second-order valence-electron chi connectivity index (χ2n) is 8.88. The molecule has 0 N–H and O–H groups in total. The Morgan fingerprint density at radius 1 is 1.04 bits per heavy atom. The number of ether oxygens (including phenoxy) is 1. The summed E-state index contributed by atoms with van der Waals surface area (Å²) in [6.45, 7) is 8.93. The summed E-state index contributed by atoms with van der Waals surface area (Å²) >= 11 is 0. The van der Waals surface area contributed by atoms with Crippen LogP contribution in [0.4, 0.5) is 0 Å². The van der Waals surface area contributed by atoms with Gasteiger partial charge in [0.1, 0.15) is 5.60 Å². The average molecular weight is 380 g/mol. The van der Waals surface area contributed by atoms with Gasteiger partial charge in [-0.3, -0.25) is 9.69 Å². The van der Waals surface area contributed by atoms with Gasteiger partial charge in [0.05, 0.1) is 5.92 Å². The minimum Gasteiger partial charge on any atom is -0.460 e. The van der Waals surface area contributed by atoms with Crippen LogP contribution in [-0.2, 0) is 16.1 Å². The number of esters is 1. The van der Waals surface area contributed by atoms with Gasteiger partial charge in [-0.1, -0.05) is 67.1 Å². The summed E-state index contributed by atoms with van der Waals surface area (Å²) in [5, 5.41) is 0. The molecule has 0 bridgehead atoms. The monoisotopic (exact) mass is 379 g/mol. The van der Waals surface area contributed by atoms with E-state index in [1.807, 2.05) is 26.8 Å². The van der Waals surface area contributed by atoms with Crippen LogP contribution in [0.1, 0.15) is 64.1 Å². The molecule has 0 unspecified atom stereocenters. The third kappa shape index (κ3) is 5.23. The molecule has 1 fully saturated rings. The molecule has 0 spiro atoms. The van der Waals surface area contributed by atoms with E-state index in [1.165, 1.54) is 11.1 Å². The van der Waals surface area contributed by atoms with Crippen molar-refractivity contribution in [1.82, 2.24) is 4.90 Å². The van der Waals surface area contributed by atoms with Gasteiger partial charge < -0.3 is 4.74 Å². The Morgan fingerprint density at radius 3 is 2.25 bits per heavy atom. The molecule has 3 nitrogen and oxygen atoms in total. The highest BCUT2D eigenvalue weighted by atomic mass is 16.6. The summed E-state index contributed by atoms with van der Waals surface area (Å²) in [6.07, 6.45) is 3.02. The number of nitrogens with zero attached hydrogens (tertiary/aromatic N) is 1. The van der Waals surface area contributed by atoms with Gasteiger partial charge in [-0.15, -0.1) is 0 Å². The molecule has 1 saturated carbocycles. The third-order valence-corrected chi connectivity index (χ3v) is 5.60. The average Bonchev–Trinajstić information content (AvgIpc) is 3.15. The van der Waals surface area contributed by atoms with Crippen LogP contribution < -0.4 is 0 Å². The molecule has 1 aliphatic carbocycles. The lowest BCUT2D eigenvalue weighted by Crippen LogP contribution is -2.43. The molecule has 2 aromatic rings. The molecular formula is C25H33NO2. The van der Waals surface area contributed by atoms with Crippen LogP contribution in [0, 0.1) is 5.92 Å². The van der Waals surface area contributed by atoms with Crippen LogP contribution in [0.15, 0.2) is 60.7 Å². The number of rotatable bonds is 6. The highest BCUT2D eigenvalue weighted by molar-refractivity contribution is 5.74. The fourth-order valence-electron chi connectivity index (χ4n) is 4.25. The van der Waals surface area contributed by atoms with Crippen LogP contribution >= 0.6 is 0 Å². The lowest BCUT2D eigenvalue weighted by Gasteiger charge is -2.38. The van der Waals surface area contributed by atoms with Crippen molar-refractivity contribution >= 4 is 5.97 Å². The standard InChI is InChI=1S/C25H33NO2/c1-19(21-14-9-6-10-15-21)26(18-20-12-7-5-8-13-20)23-17-11-16-22(23)24(27)28-25(2,3)4/h5-10,12-15,19,22-23H,11,16-18H2,1-4H3/t19-,22-,23-/m1/s1. The van der Waals surface area contributed by atoms with Crippen molar-refractivity contribution in [2.75, 3.05) is 0 Å². The van der Waals surface area contributed by atoms with Gasteiger partial charge >= 0.3 is 5.97 Å². The molecule has 0 heterocycles. The van der Waals surface area contributed by atoms with Crippen LogP contribution in [0.25, 0.3) is 0 Å². The molecule has 0 aromatic heterocycles. The quantitative estimate of drug-likeness (QED) is 0.598. The van der Waals surface area contributed by atoms with Gasteiger partial charge in [-0.2, -0.15) is 0 Å². The Morgan fingerprint density at radius 2 is 1.64 bits per heavy atom. The number of carbonyl (C=O) groups excluding carboxylic acids is 1. The van der Waals surface area contributed by atoms with Crippen molar-refractivity contribution in [3.63, 3.8) is 0 Å². The van der Waals surface area contributed by atoms with Crippen molar-refractivity contribution in [2.24, 2.45) is 5.92 Å².